The Morgan fingerprint density at radius 2 is 2.11 bits per heavy atom. The van der Waals surface area contributed by atoms with Gasteiger partial charge in [0.25, 0.3) is 0 Å². The molecule has 2 rings (SSSR count). The van der Waals surface area contributed by atoms with Crippen molar-refractivity contribution in [2.45, 2.75) is 6.92 Å². The monoisotopic (exact) mass is 244 g/mol. The zero-order valence-electron chi connectivity index (χ0n) is 10.2. The molecule has 0 saturated carbocycles. The van der Waals surface area contributed by atoms with E-state index in [2.05, 4.69) is 4.98 Å². The molecular formula is C14H13FN2O. The summed E-state index contributed by atoms with van der Waals surface area (Å²) in [6.07, 6.45) is 2.26. The molecule has 0 atom stereocenters. The van der Waals surface area contributed by atoms with Crippen molar-refractivity contribution in [3.8, 4) is 0 Å². The molecule has 0 aliphatic rings. The topological polar surface area (TPSA) is 33.2 Å². The van der Waals surface area contributed by atoms with Crippen molar-refractivity contribution in [3.05, 3.63) is 53.5 Å². The average molecular weight is 244 g/mol. The summed E-state index contributed by atoms with van der Waals surface area (Å²) in [7, 11) is 1.81. The van der Waals surface area contributed by atoms with Crippen LogP contribution in [-0.2, 0) is 0 Å². The highest BCUT2D eigenvalue weighted by molar-refractivity contribution is 5.76. The molecule has 1 aromatic carbocycles. The first-order valence-corrected chi connectivity index (χ1v) is 5.53. The van der Waals surface area contributed by atoms with E-state index in [0.717, 1.165) is 11.8 Å². The van der Waals surface area contributed by atoms with Crippen molar-refractivity contribution in [3.63, 3.8) is 0 Å². The molecule has 0 unspecified atom stereocenters. The predicted molar refractivity (Wildman–Crippen MR) is 68.8 cm³/mol. The summed E-state index contributed by atoms with van der Waals surface area (Å²) >= 11 is 0. The van der Waals surface area contributed by atoms with Gasteiger partial charge < -0.3 is 4.90 Å². The minimum Gasteiger partial charge on any atom is -0.329 e. The molecule has 4 heteroatoms. The van der Waals surface area contributed by atoms with Gasteiger partial charge in [0.15, 0.2) is 6.29 Å². The Bertz CT molecular complexity index is 584. The van der Waals surface area contributed by atoms with E-state index in [1.54, 1.807) is 23.1 Å². The van der Waals surface area contributed by atoms with Gasteiger partial charge in [-0.3, -0.25) is 4.79 Å². The first-order chi connectivity index (χ1) is 8.61. The Morgan fingerprint density at radius 1 is 1.33 bits per heavy atom. The number of hydrogen-bond acceptors (Lipinski definition) is 3. The normalized spacial score (nSPS) is 10.2. The molecule has 0 bridgehead atoms. The van der Waals surface area contributed by atoms with E-state index in [4.69, 9.17) is 0 Å². The quantitative estimate of drug-likeness (QED) is 0.778. The second kappa shape index (κ2) is 4.96. The van der Waals surface area contributed by atoms with Crippen molar-refractivity contribution in [2.24, 2.45) is 0 Å². The molecule has 0 amide bonds. The van der Waals surface area contributed by atoms with Crippen molar-refractivity contribution in [1.82, 2.24) is 4.98 Å². The SMILES string of the molecule is Cc1cc(C=O)cnc1N(C)c1cccc(F)c1. The summed E-state index contributed by atoms with van der Waals surface area (Å²) in [6.45, 7) is 1.87. The summed E-state index contributed by atoms with van der Waals surface area (Å²) in [6, 6.07) is 8.04. The van der Waals surface area contributed by atoms with Crippen LogP contribution >= 0.6 is 0 Å². The second-order valence-corrected chi connectivity index (χ2v) is 4.07. The zero-order valence-corrected chi connectivity index (χ0v) is 10.2. The van der Waals surface area contributed by atoms with Gasteiger partial charge in [-0.05, 0) is 36.8 Å². The van der Waals surface area contributed by atoms with E-state index in [1.165, 1.54) is 18.3 Å². The van der Waals surface area contributed by atoms with Crippen molar-refractivity contribution in [2.75, 3.05) is 11.9 Å². The Kier molecular flexibility index (Phi) is 3.37. The van der Waals surface area contributed by atoms with Crippen LogP contribution in [0.5, 0.6) is 0 Å². The van der Waals surface area contributed by atoms with Crippen molar-refractivity contribution in [1.29, 1.82) is 0 Å². The maximum Gasteiger partial charge on any atom is 0.151 e. The largest absolute Gasteiger partial charge is 0.329 e. The maximum absolute atomic E-state index is 13.2. The van der Waals surface area contributed by atoms with E-state index in [-0.39, 0.29) is 5.82 Å². The lowest BCUT2D eigenvalue weighted by Crippen LogP contribution is -2.13. The van der Waals surface area contributed by atoms with Gasteiger partial charge >= 0.3 is 0 Å². The van der Waals surface area contributed by atoms with Gasteiger partial charge in [0, 0.05) is 24.5 Å². The highest BCUT2D eigenvalue weighted by Gasteiger charge is 2.09. The Morgan fingerprint density at radius 3 is 2.72 bits per heavy atom. The van der Waals surface area contributed by atoms with Gasteiger partial charge in [-0.25, -0.2) is 9.37 Å². The molecular weight excluding hydrogens is 231 g/mol. The fourth-order valence-electron chi connectivity index (χ4n) is 1.81. The van der Waals surface area contributed by atoms with E-state index in [9.17, 15) is 9.18 Å². The summed E-state index contributed by atoms with van der Waals surface area (Å²) in [5.41, 5.74) is 2.11. The van der Waals surface area contributed by atoms with Crippen molar-refractivity contribution < 1.29 is 9.18 Å². The predicted octanol–water partition coefficient (Wildman–Crippen LogP) is 3.11. The van der Waals surface area contributed by atoms with Crippen LogP contribution in [0.4, 0.5) is 15.9 Å². The number of benzene rings is 1. The van der Waals surface area contributed by atoms with Gasteiger partial charge in [0.05, 0.1) is 0 Å². The molecule has 1 heterocycles. The molecule has 0 fully saturated rings. The number of aromatic nitrogens is 1. The van der Waals surface area contributed by atoms with Crippen LogP contribution in [0, 0.1) is 12.7 Å². The first kappa shape index (κ1) is 12.2. The zero-order chi connectivity index (χ0) is 13.1. The summed E-state index contributed by atoms with van der Waals surface area (Å²) < 4.78 is 13.2. The van der Waals surface area contributed by atoms with Crippen LogP contribution in [0.25, 0.3) is 0 Å². The fraction of sp³-hybridized carbons (Fsp3) is 0.143. The standard InChI is InChI=1S/C14H13FN2O/c1-10-6-11(9-18)8-16-14(10)17(2)13-5-3-4-12(15)7-13/h3-9H,1-2H3. The second-order valence-electron chi connectivity index (χ2n) is 4.07. The van der Waals surface area contributed by atoms with Gasteiger partial charge in [-0.2, -0.15) is 0 Å². The van der Waals surface area contributed by atoms with Crippen LogP contribution in [0.15, 0.2) is 36.5 Å². The molecule has 18 heavy (non-hydrogen) atoms. The lowest BCUT2D eigenvalue weighted by Gasteiger charge is -2.20. The highest BCUT2D eigenvalue weighted by atomic mass is 19.1. The molecule has 0 aliphatic carbocycles. The number of carbonyl (C=O) groups excluding carboxylic acids is 1. The van der Waals surface area contributed by atoms with Gasteiger partial charge in [-0.1, -0.05) is 6.07 Å². The third-order valence-corrected chi connectivity index (χ3v) is 2.72. The van der Waals surface area contributed by atoms with E-state index in [1.807, 2.05) is 14.0 Å². The molecule has 0 radical (unpaired) electrons. The summed E-state index contributed by atoms with van der Waals surface area (Å²) in [4.78, 5) is 16.7. The molecule has 0 saturated heterocycles. The van der Waals surface area contributed by atoms with Crippen molar-refractivity contribution >= 4 is 17.8 Å². The van der Waals surface area contributed by atoms with E-state index >= 15 is 0 Å². The van der Waals surface area contributed by atoms with Gasteiger partial charge in [0.2, 0.25) is 0 Å². The Labute approximate surface area is 105 Å². The lowest BCUT2D eigenvalue weighted by molar-refractivity contribution is 0.112. The molecule has 0 N–H and O–H groups in total. The third-order valence-electron chi connectivity index (χ3n) is 2.72. The minimum atomic E-state index is -0.290. The summed E-state index contributed by atoms with van der Waals surface area (Å²) in [5, 5.41) is 0. The molecule has 92 valence electrons. The Hall–Kier alpha value is -2.23. The first-order valence-electron chi connectivity index (χ1n) is 5.53. The smallest absolute Gasteiger partial charge is 0.151 e. The fourth-order valence-corrected chi connectivity index (χ4v) is 1.81. The van der Waals surface area contributed by atoms with Gasteiger partial charge in [0.1, 0.15) is 11.6 Å². The summed E-state index contributed by atoms with van der Waals surface area (Å²) in [5.74, 6) is 0.410. The molecule has 1 aromatic heterocycles. The van der Waals surface area contributed by atoms with E-state index < -0.39 is 0 Å². The molecule has 2 aromatic rings. The molecule has 3 nitrogen and oxygen atoms in total. The number of aryl methyl sites for hydroxylation is 1. The number of halogens is 1. The van der Waals surface area contributed by atoms with Crippen LogP contribution in [0.2, 0.25) is 0 Å². The Balaban J connectivity index is 2.39. The minimum absolute atomic E-state index is 0.290. The maximum atomic E-state index is 13.2. The third kappa shape index (κ3) is 2.37. The number of nitrogens with zero attached hydrogens (tertiary/aromatic N) is 2. The number of carbonyl (C=O) groups is 1. The average Bonchev–Trinajstić information content (AvgIpc) is 2.37. The van der Waals surface area contributed by atoms with E-state index in [0.29, 0.717) is 17.1 Å². The lowest BCUT2D eigenvalue weighted by atomic mass is 10.2. The highest BCUT2D eigenvalue weighted by Crippen LogP contribution is 2.25. The number of rotatable bonds is 3. The number of hydrogen-bond donors (Lipinski definition) is 0. The number of anilines is 2. The molecule has 0 aliphatic heterocycles. The van der Waals surface area contributed by atoms with Crippen LogP contribution < -0.4 is 4.90 Å². The van der Waals surface area contributed by atoms with Crippen LogP contribution in [0.1, 0.15) is 15.9 Å². The molecule has 0 spiro atoms. The van der Waals surface area contributed by atoms with Crippen LogP contribution in [0.3, 0.4) is 0 Å². The number of pyridine rings is 1. The van der Waals surface area contributed by atoms with Gasteiger partial charge in [-0.15, -0.1) is 0 Å². The van der Waals surface area contributed by atoms with Crippen LogP contribution in [-0.4, -0.2) is 18.3 Å². The number of aldehydes is 1.